The molecule has 0 aliphatic carbocycles. The summed E-state index contributed by atoms with van der Waals surface area (Å²) in [5.41, 5.74) is 5.07. The average Bonchev–Trinajstić information content (AvgIpc) is 2.71. The molecule has 0 bridgehead atoms. The molecular formula is C12H24N2O3. The molecule has 1 rings (SSSR count). The monoisotopic (exact) mass is 244 g/mol. The van der Waals surface area contributed by atoms with Crippen LogP contribution in [-0.4, -0.2) is 44.4 Å². The summed E-state index contributed by atoms with van der Waals surface area (Å²) in [6.07, 6.45) is 1.63. The lowest BCUT2D eigenvalue weighted by Crippen LogP contribution is -2.55. The minimum Gasteiger partial charge on any atom is -0.380 e. The van der Waals surface area contributed by atoms with E-state index in [-0.39, 0.29) is 5.91 Å². The lowest BCUT2D eigenvalue weighted by molar-refractivity contribution is -0.126. The summed E-state index contributed by atoms with van der Waals surface area (Å²) in [6, 6.07) is 0. The molecule has 1 unspecified atom stereocenters. The van der Waals surface area contributed by atoms with E-state index in [1.54, 1.807) is 0 Å². The first-order valence-corrected chi connectivity index (χ1v) is 6.27. The first-order chi connectivity index (χ1) is 8.04. The highest BCUT2D eigenvalue weighted by Crippen LogP contribution is 2.14. The van der Waals surface area contributed by atoms with Gasteiger partial charge in [-0.05, 0) is 18.8 Å². The van der Waals surface area contributed by atoms with Crippen LogP contribution in [0.4, 0.5) is 0 Å². The molecule has 0 aromatic carbocycles. The summed E-state index contributed by atoms with van der Waals surface area (Å²) in [6.45, 7) is 6.98. The van der Waals surface area contributed by atoms with E-state index in [4.69, 9.17) is 15.2 Å². The van der Waals surface area contributed by atoms with Crippen molar-refractivity contribution in [2.24, 2.45) is 11.7 Å². The van der Waals surface area contributed by atoms with E-state index in [2.05, 4.69) is 19.2 Å². The molecule has 0 aromatic heterocycles. The van der Waals surface area contributed by atoms with Gasteiger partial charge in [-0.3, -0.25) is 4.79 Å². The van der Waals surface area contributed by atoms with Gasteiger partial charge in [0.1, 0.15) is 5.54 Å². The summed E-state index contributed by atoms with van der Waals surface area (Å²) in [4.78, 5) is 11.7. The summed E-state index contributed by atoms with van der Waals surface area (Å²) in [5, 5.41) is 2.78. The highest BCUT2D eigenvalue weighted by molar-refractivity contribution is 5.86. The Morgan fingerprint density at radius 3 is 2.88 bits per heavy atom. The zero-order chi connectivity index (χ0) is 12.7. The Balaban J connectivity index is 2.04. The van der Waals surface area contributed by atoms with Crippen molar-refractivity contribution < 1.29 is 14.3 Å². The van der Waals surface area contributed by atoms with Crippen molar-refractivity contribution in [1.82, 2.24) is 5.32 Å². The highest BCUT2D eigenvalue weighted by atomic mass is 16.5. The third-order valence-corrected chi connectivity index (χ3v) is 2.88. The number of nitrogens with two attached hydrogens (primary N) is 1. The number of hydrogen-bond acceptors (Lipinski definition) is 4. The Morgan fingerprint density at radius 2 is 2.29 bits per heavy atom. The van der Waals surface area contributed by atoms with Crippen LogP contribution in [0.3, 0.4) is 0 Å². The van der Waals surface area contributed by atoms with Crippen molar-refractivity contribution in [2.45, 2.75) is 32.2 Å². The van der Waals surface area contributed by atoms with Crippen molar-refractivity contribution in [3.8, 4) is 0 Å². The fourth-order valence-corrected chi connectivity index (χ4v) is 1.59. The van der Waals surface area contributed by atoms with Gasteiger partial charge in [0, 0.05) is 19.8 Å². The summed E-state index contributed by atoms with van der Waals surface area (Å²) in [7, 11) is 0. The molecule has 5 heteroatoms. The van der Waals surface area contributed by atoms with Crippen LogP contribution in [0.25, 0.3) is 0 Å². The molecule has 0 radical (unpaired) electrons. The molecule has 1 heterocycles. The van der Waals surface area contributed by atoms with Crippen LogP contribution in [-0.2, 0) is 14.3 Å². The standard InChI is InChI=1S/C12H24N2O3/c1-10(2)3-6-16-8-5-14-11(15)12(13)4-7-17-9-12/h10H,3-9,13H2,1-2H3,(H,14,15). The summed E-state index contributed by atoms with van der Waals surface area (Å²) in [5.74, 6) is 0.509. The fraction of sp³-hybridized carbons (Fsp3) is 0.917. The van der Waals surface area contributed by atoms with Crippen molar-refractivity contribution >= 4 is 5.91 Å². The van der Waals surface area contributed by atoms with Gasteiger partial charge in [-0.2, -0.15) is 0 Å². The molecule has 100 valence electrons. The van der Waals surface area contributed by atoms with Gasteiger partial charge in [-0.15, -0.1) is 0 Å². The quantitative estimate of drug-likeness (QED) is 0.631. The molecule has 0 spiro atoms. The zero-order valence-corrected chi connectivity index (χ0v) is 10.8. The molecular weight excluding hydrogens is 220 g/mol. The van der Waals surface area contributed by atoms with Crippen LogP contribution in [0.1, 0.15) is 26.7 Å². The van der Waals surface area contributed by atoms with Crippen molar-refractivity contribution in [2.75, 3.05) is 33.0 Å². The second kappa shape index (κ2) is 6.93. The SMILES string of the molecule is CC(C)CCOCCNC(=O)C1(N)CCOC1. The molecule has 1 fully saturated rings. The van der Waals surface area contributed by atoms with E-state index in [9.17, 15) is 4.79 Å². The van der Waals surface area contributed by atoms with Crippen molar-refractivity contribution in [3.05, 3.63) is 0 Å². The van der Waals surface area contributed by atoms with E-state index in [1.165, 1.54) is 0 Å². The van der Waals surface area contributed by atoms with Crippen molar-refractivity contribution in [3.63, 3.8) is 0 Å². The van der Waals surface area contributed by atoms with Crippen LogP contribution < -0.4 is 11.1 Å². The van der Waals surface area contributed by atoms with E-state index in [0.717, 1.165) is 13.0 Å². The number of ether oxygens (including phenoxy) is 2. The lowest BCUT2D eigenvalue weighted by Gasteiger charge is -2.20. The maximum absolute atomic E-state index is 11.7. The minimum absolute atomic E-state index is 0.137. The summed E-state index contributed by atoms with van der Waals surface area (Å²) >= 11 is 0. The van der Waals surface area contributed by atoms with E-state index in [0.29, 0.717) is 38.7 Å². The zero-order valence-electron chi connectivity index (χ0n) is 10.8. The number of hydrogen-bond donors (Lipinski definition) is 2. The van der Waals surface area contributed by atoms with Gasteiger partial charge >= 0.3 is 0 Å². The number of nitrogens with one attached hydrogen (secondary N) is 1. The fourth-order valence-electron chi connectivity index (χ4n) is 1.59. The Morgan fingerprint density at radius 1 is 1.53 bits per heavy atom. The molecule has 1 amide bonds. The van der Waals surface area contributed by atoms with Crippen LogP contribution in [0.2, 0.25) is 0 Å². The highest BCUT2D eigenvalue weighted by Gasteiger charge is 2.37. The van der Waals surface area contributed by atoms with Gasteiger partial charge < -0.3 is 20.5 Å². The Kier molecular flexibility index (Phi) is 5.88. The molecule has 1 saturated heterocycles. The topological polar surface area (TPSA) is 73.6 Å². The molecule has 0 aromatic rings. The average molecular weight is 244 g/mol. The van der Waals surface area contributed by atoms with E-state index < -0.39 is 5.54 Å². The van der Waals surface area contributed by atoms with Crippen LogP contribution in [0.15, 0.2) is 0 Å². The van der Waals surface area contributed by atoms with Gasteiger partial charge in [0.25, 0.3) is 0 Å². The molecule has 1 aliphatic rings. The lowest BCUT2D eigenvalue weighted by atomic mass is 9.99. The minimum atomic E-state index is -0.835. The third-order valence-electron chi connectivity index (χ3n) is 2.88. The Labute approximate surface area is 103 Å². The maximum atomic E-state index is 11.7. The molecule has 5 nitrogen and oxygen atoms in total. The predicted molar refractivity (Wildman–Crippen MR) is 65.6 cm³/mol. The van der Waals surface area contributed by atoms with E-state index in [1.807, 2.05) is 0 Å². The van der Waals surface area contributed by atoms with Gasteiger partial charge in [0.05, 0.1) is 13.2 Å². The number of rotatable bonds is 7. The Bertz CT molecular complexity index is 238. The van der Waals surface area contributed by atoms with Gasteiger partial charge in [0.15, 0.2) is 0 Å². The number of carbonyl (C=O) groups excluding carboxylic acids is 1. The second-order valence-electron chi connectivity index (χ2n) is 5.01. The van der Waals surface area contributed by atoms with Crippen LogP contribution in [0.5, 0.6) is 0 Å². The van der Waals surface area contributed by atoms with Crippen LogP contribution >= 0.6 is 0 Å². The van der Waals surface area contributed by atoms with Gasteiger partial charge in [-0.25, -0.2) is 0 Å². The Hall–Kier alpha value is -0.650. The smallest absolute Gasteiger partial charge is 0.242 e. The molecule has 1 atom stereocenters. The molecule has 0 saturated carbocycles. The number of amides is 1. The van der Waals surface area contributed by atoms with Gasteiger partial charge in [-0.1, -0.05) is 13.8 Å². The largest absolute Gasteiger partial charge is 0.380 e. The maximum Gasteiger partial charge on any atom is 0.242 e. The third kappa shape index (κ3) is 5.02. The number of carbonyl (C=O) groups is 1. The van der Waals surface area contributed by atoms with Crippen LogP contribution in [0, 0.1) is 5.92 Å². The normalized spacial score (nSPS) is 24.2. The first kappa shape index (κ1) is 14.4. The van der Waals surface area contributed by atoms with Crippen molar-refractivity contribution in [1.29, 1.82) is 0 Å². The second-order valence-corrected chi connectivity index (χ2v) is 5.01. The first-order valence-electron chi connectivity index (χ1n) is 6.27. The predicted octanol–water partition coefficient (Wildman–Crippen LogP) is 0.283. The molecule has 17 heavy (non-hydrogen) atoms. The van der Waals surface area contributed by atoms with Gasteiger partial charge in [0.2, 0.25) is 5.91 Å². The summed E-state index contributed by atoms with van der Waals surface area (Å²) < 4.78 is 10.5. The molecule has 3 N–H and O–H groups in total. The molecule has 1 aliphatic heterocycles. The van der Waals surface area contributed by atoms with E-state index >= 15 is 0 Å².